The van der Waals surface area contributed by atoms with Gasteiger partial charge >= 0.3 is 0 Å². The number of hydrogen-bond donors (Lipinski definition) is 0. The first-order chi connectivity index (χ1) is 9.13. The van der Waals surface area contributed by atoms with Gasteiger partial charge in [0.1, 0.15) is 16.7 Å². The summed E-state index contributed by atoms with van der Waals surface area (Å²) in [6, 6.07) is 11.3. The third-order valence-corrected chi connectivity index (χ3v) is 3.54. The highest BCUT2D eigenvalue weighted by Crippen LogP contribution is 2.31. The van der Waals surface area contributed by atoms with Crippen molar-refractivity contribution in [3.63, 3.8) is 0 Å². The number of thiophene rings is 1. The van der Waals surface area contributed by atoms with Crippen molar-refractivity contribution in [1.29, 1.82) is 5.26 Å². The van der Waals surface area contributed by atoms with Gasteiger partial charge in [0.2, 0.25) is 0 Å². The number of rotatable bonds is 4. The fraction of sp³-hybridized carbons (Fsp3) is 0.200. The zero-order valence-electron chi connectivity index (χ0n) is 10.7. The zero-order valence-corrected chi connectivity index (χ0v) is 11.5. The van der Waals surface area contributed by atoms with E-state index in [4.69, 9.17) is 10.00 Å². The van der Waals surface area contributed by atoms with Gasteiger partial charge in [-0.1, -0.05) is 0 Å². The van der Waals surface area contributed by atoms with Crippen LogP contribution in [0.25, 0.3) is 10.4 Å². The van der Waals surface area contributed by atoms with Crippen LogP contribution in [0.2, 0.25) is 0 Å². The van der Waals surface area contributed by atoms with Crippen LogP contribution in [0.3, 0.4) is 0 Å². The van der Waals surface area contributed by atoms with Crippen LogP contribution in [0, 0.1) is 11.3 Å². The Morgan fingerprint density at radius 3 is 2.68 bits per heavy atom. The Morgan fingerprint density at radius 2 is 2.11 bits per heavy atom. The van der Waals surface area contributed by atoms with E-state index in [-0.39, 0.29) is 6.10 Å². The number of hydrogen-bond acceptors (Lipinski definition) is 4. The molecule has 0 fully saturated rings. The van der Waals surface area contributed by atoms with Gasteiger partial charge in [0.15, 0.2) is 6.29 Å². The minimum Gasteiger partial charge on any atom is -0.490 e. The predicted molar refractivity (Wildman–Crippen MR) is 75.6 cm³/mol. The van der Waals surface area contributed by atoms with E-state index >= 15 is 0 Å². The van der Waals surface area contributed by atoms with Gasteiger partial charge in [0.05, 0.1) is 11.7 Å². The second-order valence-electron chi connectivity index (χ2n) is 4.31. The number of nitriles is 1. The van der Waals surface area contributed by atoms with E-state index in [0.29, 0.717) is 16.2 Å². The third kappa shape index (κ3) is 3.01. The molecule has 0 saturated heterocycles. The van der Waals surface area contributed by atoms with Gasteiger partial charge in [0.25, 0.3) is 0 Å². The molecule has 1 heterocycles. The largest absolute Gasteiger partial charge is 0.490 e. The number of nitrogens with zero attached hydrogens (tertiary/aromatic N) is 1. The van der Waals surface area contributed by atoms with Crippen molar-refractivity contribution in [1.82, 2.24) is 0 Å². The third-order valence-electron chi connectivity index (χ3n) is 2.50. The quantitative estimate of drug-likeness (QED) is 0.793. The number of carbonyl (C=O) groups excluding carboxylic acids is 1. The molecule has 0 bridgehead atoms. The maximum absolute atomic E-state index is 11.1. The lowest BCUT2D eigenvalue weighted by atomic mass is 10.1. The highest BCUT2D eigenvalue weighted by Gasteiger charge is 2.09. The Bertz CT molecular complexity index is 638. The van der Waals surface area contributed by atoms with E-state index < -0.39 is 0 Å². The topological polar surface area (TPSA) is 50.1 Å². The summed E-state index contributed by atoms with van der Waals surface area (Å²) in [5, 5.41) is 8.83. The molecule has 2 rings (SSSR count). The Labute approximate surface area is 116 Å². The summed E-state index contributed by atoms with van der Waals surface area (Å²) in [4.78, 5) is 12.8. The van der Waals surface area contributed by atoms with Crippen LogP contribution < -0.4 is 4.74 Å². The molecule has 3 nitrogen and oxygen atoms in total. The maximum Gasteiger partial charge on any atom is 0.153 e. The normalized spacial score (nSPS) is 10.2. The van der Waals surface area contributed by atoms with Crippen LogP contribution in [0.4, 0.5) is 0 Å². The molecule has 1 aromatic heterocycles. The summed E-state index contributed by atoms with van der Waals surface area (Å²) in [7, 11) is 0. The van der Waals surface area contributed by atoms with Crippen LogP contribution in [-0.2, 0) is 0 Å². The smallest absolute Gasteiger partial charge is 0.153 e. The van der Waals surface area contributed by atoms with Crippen molar-refractivity contribution in [2.75, 3.05) is 0 Å². The van der Waals surface area contributed by atoms with Gasteiger partial charge in [-0.25, -0.2) is 0 Å². The lowest BCUT2D eigenvalue weighted by Gasteiger charge is -2.12. The van der Waals surface area contributed by atoms with E-state index in [9.17, 15) is 4.79 Å². The van der Waals surface area contributed by atoms with Crippen molar-refractivity contribution in [3.05, 3.63) is 40.8 Å². The van der Waals surface area contributed by atoms with Crippen molar-refractivity contribution in [3.8, 4) is 22.3 Å². The molecule has 96 valence electrons. The number of ether oxygens (including phenoxy) is 1. The first-order valence-corrected chi connectivity index (χ1v) is 6.72. The molecule has 0 amide bonds. The predicted octanol–water partition coefficient (Wildman–Crippen LogP) is 3.89. The maximum atomic E-state index is 11.1. The summed E-state index contributed by atoms with van der Waals surface area (Å²) in [5.74, 6) is 0.589. The van der Waals surface area contributed by atoms with Gasteiger partial charge in [-0.2, -0.15) is 5.26 Å². The average Bonchev–Trinajstić information content (AvgIpc) is 2.87. The monoisotopic (exact) mass is 271 g/mol. The van der Waals surface area contributed by atoms with Crippen LogP contribution >= 0.6 is 11.3 Å². The molecule has 0 aliphatic rings. The van der Waals surface area contributed by atoms with Crippen molar-refractivity contribution < 1.29 is 9.53 Å². The van der Waals surface area contributed by atoms with Crippen LogP contribution in [0.15, 0.2) is 30.3 Å². The molecule has 0 saturated carbocycles. The van der Waals surface area contributed by atoms with Crippen LogP contribution in [0.5, 0.6) is 5.75 Å². The molecule has 0 atom stereocenters. The molecule has 19 heavy (non-hydrogen) atoms. The van der Waals surface area contributed by atoms with Gasteiger partial charge in [-0.15, -0.1) is 11.3 Å². The van der Waals surface area contributed by atoms with Gasteiger partial charge in [-0.3, -0.25) is 4.79 Å². The molecular formula is C15H13NO2S. The summed E-state index contributed by atoms with van der Waals surface area (Å²) in [5.41, 5.74) is 1.45. The first kappa shape index (κ1) is 13.3. The van der Waals surface area contributed by atoms with E-state index in [1.165, 1.54) is 11.3 Å². The van der Waals surface area contributed by atoms with E-state index in [1.807, 2.05) is 26.0 Å². The van der Waals surface area contributed by atoms with Crippen LogP contribution in [-0.4, -0.2) is 12.4 Å². The van der Waals surface area contributed by atoms with E-state index in [1.54, 1.807) is 18.2 Å². The van der Waals surface area contributed by atoms with Gasteiger partial charge in [-0.05, 0) is 49.7 Å². The average molecular weight is 271 g/mol. The van der Waals surface area contributed by atoms with Crippen molar-refractivity contribution >= 4 is 17.6 Å². The summed E-state index contributed by atoms with van der Waals surface area (Å²) in [6.07, 6.45) is 0.816. The summed E-state index contributed by atoms with van der Waals surface area (Å²) >= 11 is 1.41. The molecule has 0 aliphatic heterocycles. The highest BCUT2D eigenvalue weighted by atomic mass is 32.1. The van der Waals surface area contributed by atoms with E-state index in [0.717, 1.165) is 16.7 Å². The van der Waals surface area contributed by atoms with Crippen LogP contribution in [0.1, 0.15) is 29.1 Å². The Balaban J connectivity index is 2.38. The molecule has 0 spiro atoms. The number of carbonyl (C=O) groups is 1. The molecule has 1 aromatic carbocycles. The van der Waals surface area contributed by atoms with E-state index in [2.05, 4.69) is 6.07 Å². The second kappa shape index (κ2) is 5.68. The summed E-state index contributed by atoms with van der Waals surface area (Å²) in [6.45, 7) is 3.84. The Hall–Kier alpha value is -2.12. The lowest BCUT2D eigenvalue weighted by molar-refractivity contribution is 0.111. The standard InChI is InChI=1S/C15H13NO2S/c1-10(2)18-14-5-3-11(7-12(14)9-17)15-6-4-13(8-16)19-15/h3-7,9-10H,1-2H3. The molecule has 0 N–H and O–H groups in total. The number of aldehydes is 1. The molecular weight excluding hydrogens is 258 g/mol. The van der Waals surface area contributed by atoms with Gasteiger partial charge < -0.3 is 4.74 Å². The highest BCUT2D eigenvalue weighted by molar-refractivity contribution is 7.16. The molecule has 2 aromatic rings. The SMILES string of the molecule is CC(C)Oc1ccc(-c2ccc(C#N)s2)cc1C=O. The first-order valence-electron chi connectivity index (χ1n) is 5.90. The minimum absolute atomic E-state index is 0.0245. The molecule has 0 aliphatic carbocycles. The second-order valence-corrected chi connectivity index (χ2v) is 5.40. The lowest BCUT2D eigenvalue weighted by Crippen LogP contribution is -2.07. The fourth-order valence-electron chi connectivity index (χ4n) is 1.71. The van der Waals surface area contributed by atoms with Crippen molar-refractivity contribution in [2.24, 2.45) is 0 Å². The Morgan fingerprint density at radius 1 is 1.32 bits per heavy atom. The van der Waals surface area contributed by atoms with Gasteiger partial charge in [0, 0.05) is 4.88 Å². The zero-order chi connectivity index (χ0) is 13.8. The fourth-order valence-corrected chi connectivity index (χ4v) is 2.51. The molecule has 4 heteroatoms. The summed E-state index contributed by atoms with van der Waals surface area (Å²) < 4.78 is 5.57. The molecule has 0 unspecified atom stereocenters. The van der Waals surface area contributed by atoms with Crippen molar-refractivity contribution in [2.45, 2.75) is 20.0 Å². The Kier molecular flexibility index (Phi) is 3.98. The minimum atomic E-state index is 0.0245. The molecule has 0 radical (unpaired) electrons. The number of benzene rings is 1.